The first-order valence-electron chi connectivity index (χ1n) is 9.42. The molecule has 10 heteroatoms. The molecule has 0 saturated heterocycles. The summed E-state index contributed by atoms with van der Waals surface area (Å²) in [6.45, 7) is -0.985. The number of nitrogens with zero attached hydrogens (tertiary/aromatic N) is 2. The molecule has 1 amide bonds. The third-order valence-electron chi connectivity index (χ3n) is 5.09. The van der Waals surface area contributed by atoms with Gasteiger partial charge >= 0.3 is 0 Å². The van der Waals surface area contributed by atoms with Crippen molar-refractivity contribution in [3.05, 3.63) is 64.6 Å². The van der Waals surface area contributed by atoms with Crippen molar-refractivity contribution in [1.29, 1.82) is 0 Å². The van der Waals surface area contributed by atoms with Gasteiger partial charge in [0, 0.05) is 30.2 Å². The van der Waals surface area contributed by atoms with Crippen LogP contribution in [-0.4, -0.2) is 48.8 Å². The molecule has 0 fully saturated rings. The molecular weight excluding hydrogens is 428 g/mol. The van der Waals surface area contributed by atoms with E-state index in [1.807, 2.05) is 0 Å². The number of nitrogens with one attached hydrogen (secondary N) is 1. The summed E-state index contributed by atoms with van der Waals surface area (Å²) in [5.41, 5.74) is 1.90. The molecular formula is C21H19F2N3O4S. The second-order valence-corrected chi connectivity index (χ2v) is 9.16. The number of anilines is 1. The van der Waals surface area contributed by atoms with Gasteiger partial charge in [-0.05, 0) is 35.7 Å². The standard InChI is InChI=1S/C21H19F2N3O4S/c1-31(29,30)25-18-15-9-13(8-12-2-4-14(23)5-3-12)10-24-19(15)20(27)17-16(18)11-26(7-6-22)21(17)28/h2-5,9-10,25,27H,6-8,11H2,1H3. The number of carbonyl (C=O) groups is 1. The smallest absolute Gasteiger partial charge is 0.258 e. The van der Waals surface area contributed by atoms with Gasteiger partial charge in [0.05, 0.1) is 17.5 Å². The third-order valence-corrected chi connectivity index (χ3v) is 5.67. The van der Waals surface area contributed by atoms with Gasteiger partial charge in [-0.15, -0.1) is 0 Å². The van der Waals surface area contributed by atoms with E-state index >= 15 is 0 Å². The highest BCUT2D eigenvalue weighted by atomic mass is 32.2. The molecule has 2 N–H and O–H groups in total. The summed E-state index contributed by atoms with van der Waals surface area (Å²) in [6.07, 6.45) is 2.87. The first-order chi connectivity index (χ1) is 14.7. The quantitative estimate of drug-likeness (QED) is 0.566. The van der Waals surface area contributed by atoms with Gasteiger partial charge in [-0.25, -0.2) is 17.2 Å². The fraction of sp³-hybridized carbons (Fsp3) is 0.238. The number of fused-ring (bicyclic) bond motifs is 2. The van der Waals surface area contributed by atoms with Crippen LogP contribution in [0.2, 0.25) is 0 Å². The zero-order chi connectivity index (χ0) is 22.3. The summed E-state index contributed by atoms with van der Waals surface area (Å²) < 4.78 is 52.6. The molecule has 2 aromatic carbocycles. The van der Waals surface area contributed by atoms with Crippen LogP contribution in [0.3, 0.4) is 0 Å². The maximum atomic E-state index is 13.2. The van der Waals surface area contributed by atoms with E-state index in [1.54, 1.807) is 18.2 Å². The predicted octanol–water partition coefficient (Wildman–Crippen LogP) is 2.97. The number of amides is 1. The summed E-state index contributed by atoms with van der Waals surface area (Å²) in [7, 11) is -3.73. The summed E-state index contributed by atoms with van der Waals surface area (Å²) in [4.78, 5) is 18.1. The number of pyridine rings is 1. The van der Waals surface area contributed by atoms with Gasteiger partial charge in [-0.3, -0.25) is 14.5 Å². The zero-order valence-electron chi connectivity index (χ0n) is 16.5. The van der Waals surface area contributed by atoms with Crippen molar-refractivity contribution in [3.8, 4) is 5.75 Å². The number of sulfonamides is 1. The number of aromatic nitrogens is 1. The van der Waals surface area contributed by atoms with Gasteiger partial charge in [0.2, 0.25) is 10.0 Å². The van der Waals surface area contributed by atoms with Crippen LogP contribution in [0.25, 0.3) is 10.9 Å². The van der Waals surface area contributed by atoms with Crippen LogP contribution in [0.15, 0.2) is 36.5 Å². The SMILES string of the molecule is CS(=O)(=O)Nc1c2c(c(O)c3ncc(Cc4ccc(F)cc4)cc13)C(=O)N(CCF)C2. The topological polar surface area (TPSA) is 99.6 Å². The number of halogens is 2. The number of alkyl halides is 1. The van der Waals surface area contributed by atoms with Crippen molar-refractivity contribution >= 4 is 32.5 Å². The molecule has 7 nitrogen and oxygen atoms in total. The van der Waals surface area contributed by atoms with Gasteiger partial charge < -0.3 is 10.0 Å². The Bertz CT molecular complexity index is 1290. The van der Waals surface area contributed by atoms with Crippen molar-refractivity contribution < 1.29 is 27.1 Å². The second kappa shape index (κ2) is 7.77. The fourth-order valence-electron chi connectivity index (χ4n) is 3.76. The lowest BCUT2D eigenvalue weighted by Crippen LogP contribution is -2.26. The number of phenols is 1. The lowest BCUT2D eigenvalue weighted by molar-refractivity contribution is 0.0766. The molecule has 3 aromatic rings. The number of carbonyl (C=O) groups excluding carboxylic acids is 1. The molecule has 1 aliphatic rings. The molecule has 0 radical (unpaired) electrons. The van der Waals surface area contributed by atoms with Crippen LogP contribution in [0.5, 0.6) is 5.75 Å². The highest BCUT2D eigenvalue weighted by Gasteiger charge is 2.35. The number of aromatic hydroxyl groups is 1. The molecule has 0 unspecified atom stereocenters. The summed E-state index contributed by atoms with van der Waals surface area (Å²) in [6, 6.07) is 7.60. The van der Waals surface area contributed by atoms with Gasteiger partial charge in [0.1, 0.15) is 18.0 Å². The first-order valence-corrected chi connectivity index (χ1v) is 11.3. The van der Waals surface area contributed by atoms with E-state index in [4.69, 9.17) is 0 Å². The lowest BCUT2D eigenvalue weighted by Gasteiger charge is -2.15. The average Bonchev–Trinajstić information content (AvgIpc) is 3.03. The Kier molecular flexibility index (Phi) is 5.26. The minimum Gasteiger partial charge on any atom is -0.505 e. The Balaban J connectivity index is 1.89. The Morgan fingerprint density at radius 3 is 2.58 bits per heavy atom. The Morgan fingerprint density at radius 1 is 1.23 bits per heavy atom. The maximum Gasteiger partial charge on any atom is 0.258 e. The normalized spacial score (nSPS) is 13.6. The predicted molar refractivity (Wildman–Crippen MR) is 112 cm³/mol. The summed E-state index contributed by atoms with van der Waals surface area (Å²) >= 11 is 0. The highest BCUT2D eigenvalue weighted by molar-refractivity contribution is 7.92. The largest absolute Gasteiger partial charge is 0.505 e. The van der Waals surface area contributed by atoms with Gasteiger partial charge in [-0.1, -0.05) is 12.1 Å². The monoisotopic (exact) mass is 447 g/mol. The Hall–Kier alpha value is -3.27. The Morgan fingerprint density at radius 2 is 1.94 bits per heavy atom. The number of benzene rings is 2. The Labute approximate surface area is 177 Å². The molecule has 31 heavy (non-hydrogen) atoms. The number of phenolic OH excluding ortho intramolecular Hbond substituents is 1. The molecule has 1 aromatic heterocycles. The van der Waals surface area contributed by atoms with Crippen molar-refractivity contribution in [2.75, 3.05) is 24.2 Å². The number of rotatable bonds is 6. The van der Waals surface area contributed by atoms with Crippen LogP contribution in [0, 0.1) is 5.82 Å². The first kappa shape index (κ1) is 21.0. The van der Waals surface area contributed by atoms with Crippen molar-refractivity contribution in [2.45, 2.75) is 13.0 Å². The fourth-order valence-corrected chi connectivity index (χ4v) is 4.37. The van der Waals surface area contributed by atoms with Crippen molar-refractivity contribution in [1.82, 2.24) is 9.88 Å². The molecule has 0 atom stereocenters. The zero-order valence-corrected chi connectivity index (χ0v) is 17.3. The van der Waals surface area contributed by atoms with Crippen molar-refractivity contribution in [3.63, 3.8) is 0 Å². The molecule has 0 aliphatic carbocycles. The van der Waals surface area contributed by atoms with Crippen LogP contribution < -0.4 is 4.72 Å². The van der Waals surface area contributed by atoms with Crippen LogP contribution in [0.1, 0.15) is 27.0 Å². The van der Waals surface area contributed by atoms with Crippen LogP contribution >= 0.6 is 0 Å². The maximum absolute atomic E-state index is 13.2. The van der Waals surface area contributed by atoms with E-state index in [0.29, 0.717) is 17.4 Å². The highest BCUT2D eigenvalue weighted by Crippen LogP contribution is 2.43. The van der Waals surface area contributed by atoms with Gasteiger partial charge in [0.15, 0.2) is 5.75 Å². The van der Waals surface area contributed by atoms with E-state index < -0.39 is 22.6 Å². The van der Waals surface area contributed by atoms with Crippen LogP contribution in [-0.2, 0) is 23.0 Å². The van der Waals surface area contributed by atoms with Crippen molar-refractivity contribution in [2.24, 2.45) is 0 Å². The molecule has 0 saturated carbocycles. The molecule has 162 valence electrons. The van der Waals surface area contributed by atoms with E-state index in [1.165, 1.54) is 23.2 Å². The average molecular weight is 447 g/mol. The summed E-state index contributed by atoms with van der Waals surface area (Å²) in [5.74, 6) is -1.31. The van der Waals surface area contributed by atoms with E-state index in [-0.39, 0.29) is 47.0 Å². The van der Waals surface area contributed by atoms with E-state index in [9.17, 15) is 27.1 Å². The molecule has 0 spiro atoms. The minimum absolute atomic E-state index is 0.0400. The number of hydrogen-bond acceptors (Lipinski definition) is 5. The van der Waals surface area contributed by atoms with Gasteiger partial charge in [-0.2, -0.15) is 0 Å². The second-order valence-electron chi connectivity index (χ2n) is 7.41. The molecule has 1 aliphatic heterocycles. The lowest BCUT2D eigenvalue weighted by atomic mass is 9.99. The minimum atomic E-state index is -3.73. The number of hydrogen-bond donors (Lipinski definition) is 2. The molecule has 2 heterocycles. The summed E-state index contributed by atoms with van der Waals surface area (Å²) in [5, 5.41) is 11.1. The van der Waals surface area contributed by atoms with Crippen LogP contribution in [0.4, 0.5) is 14.5 Å². The molecule has 0 bridgehead atoms. The van der Waals surface area contributed by atoms with Gasteiger partial charge in [0.25, 0.3) is 5.91 Å². The van der Waals surface area contributed by atoms with E-state index in [2.05, 4.69) is 9.71 Å². The third kappa shape index (κ3) is 4.02. The van der Waals surface area contributed by atoms with E-state index in [0.717, 1.165) is 11.8 Å². The molecule has 4 rings (SSSR count).